The van der Waals surface area contributed by atoms with E-state index in [9.17, 15) is 0 Å². The van der Waals surface area contributed by atoms with Crippen LogP contribution >= 0.6 is 0 Å². The predicted molar refractivity (Wildman–Crippen MR) is 81.6 cm³/mol. The molecule has 20 heavy (non-hydrogen) atoms. The summed E-state index contributed by atoms with van der Waals surface area (Å²) < 4.78 is 5.38. The smallest absolute Gasteiger partial charge is 0.145 e. The largest absolute Gasteiger partial charge is 0.494 e. The van der Waals surface area contributed by atoms with E-state index in [0.29, 0.717) is 6.54 Å². The lowest BCUT2D eigenvalue weighted by atomic mass is 9.99. The molecule has 0 spiro atoms. The number of aromatic nitrogens is 1. The molecule has 0 saturated heterocycles. The highest BCUT2D eigenvalue weighted by Gasteiger charge is 2.08. The molecule has 0 aliphatic rings. The van der Waals surface area contributed by atoms with Gasteiger partial charge >= 0.3 is 0 Å². The molecule has 3 rings (SSSR count). The Kier molecular flexibility index (Phi) is 3.35. The molecule has 0 aliphatic carbocycles. The Bertz CT molecular complexity index is 736. The molecule has 100 valence electrons. The molecule has 3 nitrogen and oxygen atoms in total. The van der Waals surface area contributed by atoms with Gasteiger partial charge in [-0.1, -0.05) is 30.3 Å². The molecule has 0 fully saturated rings. The van der Waals surface area contributed by atoms with Crippen LogP contribution < -0.4 is 10.5 Å². The van der Waals surface area contributed by atoms with Gasteiger partial charge in [0, 0.05) is 18.1 Å². The number of pyridine rings is 1. The number of nitrogens with zero attached hydrogens (tertiary/aromatic N) is 1. The molecule has 0 radical (unpaired) electrons. The highest BCUT2D eigenvalue weighted by Crippen LogP contribution is 2.33. The minimum Gasteiger partial charge on any atom is -0.494 e. The maximum absolute atomic E-state index is 5.64. The summed E-state index contributed by atoms with van der Waals surface area (Å²) in [6.07, 6.45) is 1.78. The van der Waals surface area contributed by atoms with Gasteiger partial charge in [0.05, 0.1) is 7.11 Å². The summed E-state index contributed by atoms with van der Waals surface area (Å²) in [5.41, 5.74) is 9.96. The second kappa shape index (κ2) is 5.31. The number of methoxy groups -OCH3 is 1. The number of ether oxygens (including phenoxy) is 1. The van der Waals surface area contributed by atoms with Gasteiger partial charge in [0.25, 0.3) is 0 Å². The third kappa shape index (κ3) is 2.12. The van der Waals surface area contributed by atoms with Crippen LogP contribution in [0.3, 0.4) is 0 Å². The SMILES string of the molecule is COc1ccc(-c2ccc(CN)cc2)c2cccnc12. The molecule has 2 aromatic carbocycles. The number of benzene rings is 2. The Balaban J connectivity index is 2.20. The fourth-order valence-corrected chi connectivity index (χ4v) is 2.38. The first kappa shape index (κ1) is 12.6. The second-order valence-corrected chi connectivity index (χ2v) is 4.62. The van der Waals surface area contributed by atoms with Gasteiger partial charge in [-0.25, -0.2) is 0 Å². The third-order valence-corrected chi connectivity index (χ3v) is 3.45. The van der Waals surface area contributed by atoms with Crippen LogP contribution in [0.1, 0.15) is 5.56 Å². The van der Waals surface area contributed by atoms with Crippen LogP contribution in [0, 0.1) is 0 Å². The topological polar surface area (TPSA) is 48.1 Å². The molecule has 3 heteroatoms. The molecule has 0 amide bonds. The van der Waals surface area contributed by atoms with Crippen LogP contribution in [-0.4, -0.2) is 12.1 Å². The zero-order chi connectivity index (χ0) is 13.9. The molecule has 3 aromatic rings. The predicted octanol–water partition coefficient (Wildman–Crippen LogP) is 3.37. The van der Waals surface area contributed by atoms with E-state index in [0.717, 1.165) is 33.3 Å². The van der Waals surface area contributed by atoms with E-state index in [2.05, 4.69) is 41.4 Å². The lowest BCUT2D eigenvalue weighted by Crippen LogP contribution is -1.95. The Labute approximate surface area is 118 Å². The van der Waals surface area contributed by atoms with E-state index >= 15 is 0 Å². The van der Waals surface area contributed by atoms with Gasteiger partial charge in [-0.05, 0) is 34.9 Å². The second-order valence-electron chi connectivity index (χ2n) is 4.62. The molecular weight excluding hydrogens is 248 g/mol. The molecule has 2 N–H and O–H groups in total. The molecule has 0 saturated carbocycles. The molecule has 0 atom stereocenters. The summed E-state index contributed by atoms with van der Waals surface area (Å²) in [7, 11) is 1.67. The highest BCUT2D eigenvalue weighted by molar-refractivity contribution is 5.97. The first-order chi connectivity index (χ1) is 9.83. The molecule has 0 bridgehead atoms. The van der Waals surface area contributed by atoms with Crippen molar-refractivity contribution in [2.75, 3.05) is 7.11 Å². The van der Waals surface area contributed by atoms with Crippen molar-refractivity contribution in [3.63, 3.8) is 0 Å². The van der Waals surface area contributed by atoms with E-state index in [1.165, 1.54) is 0 Å². The summed E-state index contributed by atoms with van der Waals surface area (Å²) in [6, 6.07) is 16.3. The monoisotopic (exact) mass is 264 g/mol. The standard InChI is InChI=1S/C17H16N2O/c1-20-16-9-8-14(15-3-2-10-19-17(15)16)13-6-4-12(11-18)5-7-13/h2-10H,11,18H2,1H3. The average Bonchev–Trinajstić information content (AvgIpc) is 2.54. The number of hydrogen-bond donors (Lipinski definition) is 1. The first-order valence-electron chi connectivity index (χ1n) is 6.54. The summed E-state index contributed by atoms with van der Waals surface area (Å²) in [6.45, 7) is 0.561. The van der Waals surface area contributed by atoms with Gasteiger partial charge in [0.15, 0.2) is 0 Å². The van der Waals surface area contributed by atoms with Gasteiger partial charge in [0.1, 0.15) is 11.3 Å². The van der Waals surface area contributed by atoms with Gasteiger partial charge in [-0.3, -0.25) is 4.98 Å². The van der Waals surface area contributed by atoms with Crippen LogP contribution in [0.25, 0.3) is 22.0 Å². The molecule has 0 unspecified atom stereocenters. The van der Waals surface area contributed by atoms with Gasteiger partial charge < -0.3 is 10.5 Å². The normalized spacial score (nSPS) is 10.7. The Morgan fingerprint density at radius 3 is 2.55 bits per heavy atom. The zero-order valence-corrected chi connectivity index (χ0v) is 11.3. The van der Waals surface area contributed by atoms with Gasteiger partial charge in [-0.15, -0.1) is 0 Å². The van der Waals surface area contributed by atoms with Crippen LogP contribution in [0.2, 0.25) is 0 Å². The lowest BCUT2D eigenvalue weighted by molar-refractivity contribution is 0.419. The fraction of sp³-hybridized carbons (Fsp3) is 0.118. The summed E-state index contributed by atoms with van der Waals surface area (Å²) in [5, 5.41) is 1.09. The van der Waals surface area contributed by atoms with Crippen molar-refractivity contribution in [3.05, 3.63) is 60.3 Å². The van der Waals surface area contributed by atoms with E-state index in [1.807, 2.05) is 12.1 Å². The molecular formula is C17H16N2O. The zero-order valence-electron chi connectivity index (χ0n) is 11.3. The first-order valence-corrected chi connectivity index (χ1v) is 6.54. The number of rotatable bonds is 3. The van der Waals surface area contributed by atoms with E-state index in [1.54, 1.807) is 13.3 Å². The van der Waals surface area contributed by atoms with E-state index in [4.69, 9.17) is 10.5 Å². The quantitative estimate of drug-likeness (QED) is 0.789. The minimum absolute atomic E-state index is 0.561. The molecule has 0 aliphatic heterocycles. The van der Waals surface area contributed by atoms with Crippen molar-refractivity contribution in [2.45, 2.75) is 6.54 Å². The molecule has 1 heterocycles. The Morgan fingerprint density at radius 1 is 1.05 bits per heavy atom. The Morgan fingerprint density at radius 2 is 1.85 bits per heavy atom. The highest BCUT2D eigenvalue weighted by atomic mass is 16.5. The number of hydrogen-bond acceptors (Lipinski definition) is 3. The Hall–Kier alpha value is -2.39. The minimum atomic E-state index is 0.561. The van der Waals surface area contributed by atoms with Crippen LogP contribution in [-0.2, 0) is 6.54 Å². The van der Waals surface area contributed by atoms with Crippen LogP contribution in [0.4, 0.5) is 0 Å². The average molecular weight is 264 g/mol. The maximum atomic E-state index is 5.64. The number of nitrogens with two attached hydrogens (primary N) is 1. The van der Waals surface area contributed by atoms with E-state index < -0.39 is 0 Å². The van der Waals surface area contributed by atoms with Crippen molar-refractivity contribution in [3.8, 4) is 16.9 Å². The van der Waals surface area contributed by atoms with Crippen molar-refractivity contribution in [2.24, 2.45) is 5.73 Å². The fourth-order valence-electron chi connectivity index (χ4n) is 2.38. The molecule has 1 aromatic heterocycles. The summed E-state index contributed by atoms with van der Waals surface area (Å²) in [5.74, 6) is 0.794. The maximum Gasteiger partial charge on any atom is 0.145 e. The van der Waals surface area contributed by atoms with Crippen molar-refractivity contribution < 1.29 is 4.74 Å². The number of fused-ring (bicyclic) bond motifs is 1. The van der Waals surface area contributed by atoms with Gasteiger partial charge in [-0.2, -0.15) is 0 Å². The summed E-state index contributed by atoms with van der Waals surface area (Å²) >= 11 is 0. The van der Waals surface area contributed by atoms with Crippen LogP contribution in [0.5, 0.6) is 5.75 Å². The van der Waals surface area contributed by atoms with Crippen LogP contribution in [0.15, 0.2) is 54.7 Å². The van der Waals surface area contributed by atoms with Crippen molar-refractivity contribution in [1.82, 2.24) is 4.98 Å². The third-order valence-electron chi connectivity index (χ3n) is 3.45. The van der Waals surface area contributed by atoms with E-state index in [-0.39, 0.29) is 0 Å². The van der Waals surface area contributed by atoms with Gasteiger partial charge in [0.2, 0.25) is 0 Å². The van der Waals surface area contributed by atoms with Crippen molar-refractivity contribution in [1.29, 1.82) is 0 Å². The lowest BCUT2D eigenvalue weighted by Gasteiger charge is -2.10. The van der Waals surface area contributed by atoms with Crippen molar-refractivity contribution >= 4 is 10.9 Å². The summed E-state index contributed by atoms with van der Waals surface area (Å²) in [4.78, 5) is 4.43.